The van der Waals surface area contributed by atoms with Crippen LogP contribution in [0, 0.1) is 0 Å². The van der Waals surface area contributed by atoms with Crippen LogP contribution in [0.4, 0.5) is 5.82 Å². The number of fused-ring (bicyclic) bond motifs is 1. The van der Waals surface area contributed by atoms with Gasteiger partial charge in [0.25, 0.3) is 0 Å². The molecule has 1 unspecified atom stereocenters. The molecule has 4 rings (SSSR count). The number of hydrogen-bond donors (Lipinski definition) is 2. The molecular formula is C23H22ClN5O3. The lowest BCUT2D eigenvalue weighted by molar-refractivity contribution is -0.139. The van der Waals surface area contributed by atoms with E-state index in [1.165, 1.54) is 6.33 Å². The predicted octanol–water partition coefficient (Wildman–Crippen LogP) is 2.89. The standard InChI is InChI=1S/C23H22ClN5O3/c1-14(23(31)32)21(16-3-5-17(24)6-4-16)29-9-8-28(20(30)12-29)11-15-2-7-18-19(10-15)26-13-27-22(18)25/h2-7,10,13,21H,1,8-9,11-12H2,(H,31,32)(H2,25,26,27). The summed E-state index contributed by atoms with van der Waals surface area (Å²) in [7, 11) is 0. The minimum absolute atomic E-state index is 0.0142. The maximum absolute atomic E-state index is 12.9. The Morgan fingerprint density at radius 3 is 2.62 bits per heavy atom. The van der Waals surface area contributed by atoms with Gasteiger partial charge >= 0.3 is 5.97 Å². The second-order valence-corrected chi connectivity index (χ2v) is 8.12. The smallest absolute Gasteiger partial charge is 0.332 e. The lowest BCUT2D eigenvalue weighted by atomic mass is 9.97. The third-order valence-electron chi connectivity index (χ3n) is 5.61. The SMILES string of the molecule is C=C(C(=O)O)C(c1ccc(Cl)cc1)N1CCN(Cc2ccc3c(N)ncnc3c2)C(=O)C1. The van der Waals surface area contributed by atoms with Gasteiger partial charge in [-0.3, -0.25) is 9.69 Å². The number of amides is 1. The molecule has 1 fully saturated rings. The summed E-state index contributed by atoms with van der Waals surface area (Å²) in [6.45, 7) is 5.24. The van der Waals surface area contributed by atoms with Crippen molar-refractivity contribution in [2.24, 2.45) is 0 Å². The first-order valence-corrected chi connectivity index (χ1v) is 10.4. The van der Waals surface area contributed by atoms with Crippen LogP contribution in [0.3, 0.4) is 0 Å². The molecule has 0 saturated carbocycles. The molecule has 2 heterocycles. The Hall–Kier alpha value is -3.49. The maximum Gasteiger partial charge on any atom is 0.332 e. The van der Waals surface area contributed by atoms with Crippen molar-refractivity contribution in [1.82, 2.24) is 19.8 Å². The number of nitrogens with two attached hydrogens (primary N) is 1. The van der Waals surface area contributed by atoms with Gasteiger partial charge in [-0.25, -0.2) is 14.8 Å². The first kappa shape index (κ1) is 21.7. The van der Waals surface area contributed by atoms with E-state index in [1.54, 1.807) is 29.2 Å². The Morgan fingerprint density at radius 1 is 1.19 bits per heavy atom. The van der Waals surface area contributed by atoms with E-state index in [0.29, 0.717) is 30.5 Å². The lowest BCUT2D eigenvalue weighted by Crippen LogP contribution is -2.51. The fraction of sp³-hybridized carbons (Fsp3) is 0.217. The number of nitrogens with zero attached hydrogens (tertiary/aromatic N) is 4. The third kappa shape index (κ3) is 4.42. The molecule has 32 heavy (non-hydrogen) atoms. The maximum atomic E-state index is 12.9. The summed E-state index contributed by atoms with van der Waals surface area (Å²) < 4.78 is 0. The molecule has 9 heteroatoms. The van der Waals surface area contributed by atoms with Crippen molar-refractivity contribution in [3.8, 4) is 0 Å². The average Bonchev–Trinajstić information content (AvgIpc) is 2.77. The number of piperazine rings is 1. The number of aliphatic carboxylic acids is 1. The minimum atomic E-state index is -1.10. The second kappa shape index (κ2) is 8.94. The van der Waals surface area contributed by atoms with Crippen molar-refractivity contribution >= 4 is 40.2 Å². The molecule has 0 radical (unpaired) electrons. The van der Waals surface area contributed by atoms with Crippen molar-refractivity contribution in [3.05, 3.63) is 77.1 Å². The van der Waals surface area contributed by atoms with Crippen molar-refractivity contribution < 1.29 is 14.7 Å². The van der Waals surface area contributed by atoms with E-state index in [2.05, 4.69) is 16.5 Å². The molecule has 3 aromatic rings. The zero-order valence-electron chi connectivity index (χ0n) is 17.2. The van der Waals surface area contributed by atoms with Gasteiger partial charge in [-0.1, -0.05) is 36.4 Å². The number of halogens is 1. The van der Waals surface area contributed by atoms with Crippen LogP contribution in [-0.4, -0.2) is 56.4 Å². The number of anilines is 1. The van der Waals surface area contributed by atoms with Gasteiger partial charge in [0.05, 0.1) is 23.7 Å². The van der Waals surface area contributed by atoms with Gasteiger partial charge in [-0.15, -0.1) is 0 Å². The number of hydrogen-bond acceptors (Lipinski definition) is 6. The van der Waals surface area contributed by atoms with Gasteiger partial charge in [-0.2, -0.15) is 0 Å². The number of carbonyl (C=O) groups is 2. The molecule has 0 spiro atoms. The largest absolute Gasteiger partial charge is 0.478 e. The first-order valence-electron chi connectivity index (χ1n) is 10.0. The molecule has 8 nitrogen and oxygen atoms in total. The van der Waals surface area contributed by atoms with Crippen molar-refractivity contribution in [2.45, 2.75) is 12.6 Å². The number of aromatic nitrogens is 2. The molecule has 1 atom stereocenters. The van der Waals surface area contributed by atoms with Gasteiger partial charge in [0.2, 0.25) is 5.91 Å². The lowest BCUT2D eigenvalue weighted by Gasteiger charge is -2.39. The highest BCUT2D eigenvalue weighted by molar-refractivity contribution is 6.30. The van der Waals surface area contributed by atoms with Crippen molar-refractivity contribution in [2.75, 3.05) is 25.4 Å². The van der Waals surface area contributed by atoms with E-state index in [4.69, 9.17) is 17.3 Å². The molecule has 1 aliphatic heterocycles. The highest BCUT2D eigenvalue weighted by Gasteiger charge is 2.33. The Kier molecular flexibility index (Phi) is 6.07. The quantitative estimate of drug-likeness (QED) is 0.554. The second-order valence-electron chi connectivity index (χ2n) is 7.68. The zero-order valence-corrected chi connectivity index (χ0v) is 18.0. The molecule has 0 bridgehead atoms. The Balaban J connectivity index is 1.51. The van der Waals surface area contributed by atoms with Crippen LogP contribution < -0.4 is 5.73 Å². The fourth-order valence-electron chi connectivity index (χ4n) is 3.95. The van der Waals surface area contributed by atoms with Gasteiger partial charge in [0, 0.05) is 30.0 Å². The van der Waals surface area contributed by atoms with Gasteiger partial charge < -0.3 is 15.7 Å². The van der Waals surface area contributed by atoms with Crippen molar-refractivity contribution in [1.29, 1.82) is 0 Å². The number of carbonyl (C=O) groups excluding carboxylic acids is 1. The van der Waals surface area contributed by atoms with E-state index in [0.717, 1.165) is 22.0 Å². The minimum Gasteiger partial charge on any atom is -0.478 e. The fourth-order valence-corrected chi connectivity index (χ4v) is 4.08. The summed E-state index contributed by atoms with van der Waals surface area (Å²) in [6.07, 6.45) is 1.41. The third-order valence-corrected chi connectivity index (χ3v) is 5.86. The van der Waals surface area contributed by atoms with Gasteiger partial charge in [-0.05, 0) is 35.4 Å². The van der Waals surface area contributed by atoms with Crippen LogP contribution in [0.1, 0.15) is 17.2 Å². The molecule has 0 aliphatic carbocycles. The Morgan fingerprint density at radius 2 is 1.94 bits per heavy atom. The molecule has 164 valence electrons. The molecule has 3 N–H and O–H groups in total. The van der Waals surface area contributed by atoms with E-state index in [9.17, 15) is 14.7 Å². The van der Waals surface area contributed by atoms with E-state index in [1.807, 2.05) is 23.1 Å². The molecule has 2 aromatic carbocycles. The van der Waals surface area contributed by atoms with E-state index in [-0.39, 0.29) is 18.0 Å². The summed E-state index contributed by atoms with van der Waals surface area (Å²) in [6, 6.07) is 12.0. The summed E-state index contributed by atoms with van der Waals surface area (Å²) in [5, 5.41) is 10.9. The number of rotatable bonds is 6. The van der Waals surface area contributed by atoms with Crippen molar-refractivity contribution in [3.63, 3.8) is 0 Å². The molecule has 1 aromatic heterocycles. The van der Waals surface area contributed by atoms with Crippen LogP contribution in [0.15, 0.2) is 60.9 Å². The molecule has 1 aliphatic rings. The number of benzene rings is 2. The van der Waals surface area contributed by atoms with E-state index < -0.39 is 12.0 Å². The number of carboxylic acid groups (broad SMARTS) is 1. The molecule has 1 amide bonds. The highest BCUT2D eigenvalue weighted by atomic mass is 35.5. The average molecular weight is 452 g/mol. The van der Waals surface area contributed by atoms with Crippen LogP contribution in [-0.2, 0) is 16.1 Å². The molecular weight excluding hydrogens is 430 g/mol. The summed E-state index contributed by atoms with van der Waals surface area (Å²) in [5.74, 6) is -0.772. The first-order chi connectivity index (χ1) is 15.3. The highest BCUT2D eigenvalue weighted by Crippen LogP contribution is 2.30. The van der Waals surface area contributed by atoms with Crippen LogP contribution >= 0.6 is 11.6 Å². The normalized spacial score (nSPS) is 15.7. The van der Waals surface area contributed by atoms with Gasteiger partial charge in [0.15, 0.2) is 0 Å². The molecule has 1 saturated heterocycles. The summed E-state index contributed by atoms with van der Waals surface area (Å²) in [5.41, 5.74) is 8.28. The Bertz CT molecular complexity index is 1200. The van der Waals surface area contributed by atoms with Crippen LogP contribution in [0.25, 0.3) is 10.9 Å². The monoisotopic (exact) mass is 451 g/mol. The summed E-state index contributed by atoms with van der Waals surface area (Å²) in [4.78, 5) is 36.5. The number of nitrogen functional groups attached to an aromatic ring is 1. The topological polar surface area (TPSA) is 113 Å². The van der Waals surface area contributed by atoms with Crippen LogP contribution in [0.5, 0.6) is 0 Å². The van der Waals surface area contributed by atoms with E-state index >= 15 is 0 Å². The van der Waals surface area contributed by atoms with Gasteiger partial charge in [0.1, 0.15) is 12.1 Å². The zero-order chi connectivity index (χ0) is 22.8. The number of carboxylic acids is 1. The predicted molar refractivity (Wildman–Crippen MR) is 122 cm³/mol. The van der Waals surface area contributed by atoms with Crippen LogP contribution in [0.2, 0.25) is 5.02 Å². The summed E-state index contributed by atoms with van der Waals surface area (Å²) >= 11 is 5.98. The Labute approximate surface area is 189 Å².